The van der Waals surface area contributed by atoms with Gasteiger partial charge in [-0.25, -0.2) is 0 Å². The number of esters is 1. The second-order valence-corrected chi connectivity index (χ2v) is 5.73. The van der Waals surface area contributed by atoms with Gasteiger partial charge in [-0.15, -0.1) is 0 Å². The molecule has 0 aliphatic rings. The summed E-state index contributed by atoms with van der Waals surface area (Å²) in [6.07, 6.45) is 1.29. The minimum atomic E-state index is -0.454. The first kappa shape index (κ1) is 21.1. The lowest BCUT2D eigenvalue weighted by Crippen LogP contribution is -2.30. The van der Waals surface area contributed by atoms with Gasteiger partial charge in [0.25, 0.3) is 0 Å². The number of rotatable bonds is 8. The summed E-state index contributed by atoms with van der Waals surface area (Å²) < 4.78 is 4.81. The topological polar surface area (TPSA) is 92.8 Å². The van der Waals surface area contributed by atoms with Gasteiger partial charge in [-0.2, -0.15) is 0 Å². The molecule has 1 aromatic rings. The molecule has 140 valence electrons. The molecule has 26 heavy (non-hydrogen) atoms. The van der Waals surface area contributed by atoms with Crippen molar-refractivity contribution < 1.29 is 23.9 Å². The van der Waals surface area contributed by atoms with Gasteiger partial charge in [0.15, 0.2) is 5.78 Å². The molecule has 0 fully saturated rings. The fourth-order valence-corrected chi connectivity index (χ4v) is 2.12. The van der Waals surface area contributed by atoms with E-state index in [1.807, 2.05) is 0 Å². The normalized spacial score (nSPS) is 10.8. The maximum atomic E-state index is 12.2. The van der Waals surface area contributed by atoms with Gasteiger partial charge in [0.05, 0.1) is 13.0 Å². The molecule has 2 amide bonds. The van der Waals surface area contributed by atoms with Crippen LogP contribution in [0.5, 0.6) is 0 Å². The quantitative estimate of drug-likeness (QED) is 0.436. The fraction of sp³-hybridized carbons (Fsp3) is 0.368. The molecule has 0 saturated carbocycles. The summed E-state index contributed by atoms with van der Waals surface area (Å²) in [6, 6.07) is 6.46. The highest BCUT2D eigenvalue weighted by Crippen LogP contribution is 2.10. The number of hydrogen-bond donors (Lipinski definition) is 1. The van der Waals surface area contributed by atoms with E-state index in [-0.39, 0.29) is 36.2 Å². The van der Waals surface area contributed by atoms with E-state index >= 15 is 0 Å². The van der Waals surface area contributed by atoms with E-state index in [2.05, 4.69) is 5.32 Å². The summed E-state index contributed by atoms with van der Waals surface area (Å²) in [4.78, 5) is 48.1. The van der Waals surface area contributed by atoms with Crippen LogP contribution in [0.2, 0.25) is 0 Å². The average molecular weight is 360 g/mol. The summed E-state index contributed by atoms with van der Waals surface area (Å²) in [5.74, 6) is -1.24. The maximum absolute atomic E-state index is 12.2. The van der Waals surface area contributed by atoms with Crippen LogP contribution in [0.1, 0.15) is 37.6 Å². The molecule has 0 spiro atoms. The molecule has 1 rings (SSSR count). The van der Waals surface area contributed by atoms with E-state index in [0.717, 1.165) is 0 Å². The SMILES string of the molecule is CCOC(=O)CCN(C)C(=O)/C(C)=C/C(=O)Nc1ccc(C(C)=O)cc1. The number of benzene rings is 1. The van der Waals surface area contributed by atoms with Gasteiger partial charge in [0.1, 0.15) is 0 Å². The summed E-state index contributed by atoms with van der Waals surface area (Å²) in [5.41, 5.74) is 1.31. The minimum Gasteiger partial charge on any atom is -0.466 e. The zero-order chi connectivity index (χ0) is 19.7. The van der Waals surface area contributed by atoms with Crippen LogP contribution in [0.4, 0.5) is 5.69 Å². The van der Waals surface area contributed by atoms with Gasteiger partial charge in [-0.3, -0.25) is 19.2 Å². The zero-order valence-electron chi connectivity index (χ0n) is 15.5. The second-order valence-electron chi connectivity index (χ2n) is 5.73. The molecule has 0 heterocycles. The average Bonchev–Trinajstić information content (AvgIpc) is 2.59. The Balaban J connectivity index is 2.61. The second kappa shape index (κ2) is 10.1. The molecule has 1 aromatic carbocycles. The van der Waals surface area contributed by atoms with Crippen LogP contribution in [0.15, 0.2) is 35.9 Å². The minimum absolute atomic E-state index is 0.0601. The molecule has 0 bridgehead atoms. The number of nitrogens with zero attached hydrogens (tertiary/aromatic N) is 1. The lowest BCUT2D eigenvalue weighted by Gasteiger charge is -2.16. The highest BCUT2D eigenvalue weighted by molar-refractivity contribution is 6.06. The van der Waals surface area contributed by atoms with Gasteiger partial charge in [0, 0.05) is 36.5 Å². The third kappa shape index (κ3) is 6.88. The van der Waals surface area contributed by atoms with Crippen molar-refractivity contribution >= 4 is 29.3 Å². The first-order chi connectivity index (χ1) is 12.2. The summed E-state index contributed by atoms with van der Waals surface area (Å²) in [5, 5.41) is 2.63. The van der Waals surface area contributed by atoms with Crippen LogP contribution in [0.25, 0.3) is 0 Å². The van der Waals surface area contributed by atoms with Crippen molar-refractivity contribution in [3.8, 4) is 0 Å². The van der Waals surface area contributed by atoms with Gasteiger partial charge in [-0.05, 0) is 45.0 Å². The van der Waals surface area contributed by atoms with E-state index in [0.29, 0.717) is 17.9 Å². The number of ether oxygens (including phenoxy) is 1. The number of likely N-dealkylation sites (N-methyl/N-ethyl adjacent to an activating group) is 1. The highest BCUT2D eigenvalue weighted by atomic mass is 16.5. The van der Waals surface area contributed by atoms with Crippen molar-refractivity contribution in [3.63, 3.8) is 0 Å². The Morgan fingerprint density at radius 2 is 1.73 bits per heavy atom. The summed E-state index contributed by atoms with van der Waals surface area (Å²) in [6.45, 7) is 5.21. The van der Waals surface area contributed by atoms with Crippen molar-refractivity contribution in [2.45, 2.75) is 27.2 Å². The lowest BCUT2D eigenvalue weighted by atomic mass is 10.1. The zero-order valence-corrected chi connectivity index (χ0v) is 15.5. The monoisotopic (exact) mass is 360 g/mol. The number of carbonyl (C=O) groups excluding carboxylic acids is 4. The van der Waals surface area contributed by atoms with Gasteiger partial charge in [0.2, 0.25) is 11.8 Å². The first-order valence-electron chi connectivity index (χ1n) is 8.26. The number of hydrogen-bond acceptors (Lipinski definition) is 5. The summed E-state index contributed by atoms with van der Waals surface area (Å²) in [7, 11) is 1.55. The number of carbonyl (C=O) groups is 4. The molecule has 0 unspecified atom stereocenters. The van der Waals surface area contributed by atoms with E-state index in [9.17, 15) is 19.2 Å². The van der Waals surface area contributed by atoms with E-state index < -0.39 is 5.91 Å². The number of ketones is 1. The number of amides is 2. The first-order valence-corrected chi connectivity index (χ1v) is 8.26. The predicted octanol–water partition coefficient (Wildman–Crippen LogP) is 2.19. The Labute approximate surface area is 153 Å². The van der Waals surface area contributed by atoms with Crippen LogP contribution in [-0.2, 0) is 19.1 Å². The molecule has 0 radical (unpaired) electrons. The van der Waals surface area contributed by atoms with Crippen LogP contribution < -0.4 is 5.32 Å². The van der Waals surface area contributed by atoms with Crippen molar-refractivity contribution in [3.05, 3.63) is 41.5 Å². The molecule has 0 aromatic heterocycles. The Kier molecular flexibility index (Phi) is 8.21. The standard InChI is InChI=1S/C19H24N2O5/c1-5-26-18(24)10-11-21(4)19(25)13(2)12-17(23)20-16-8-6-15(7-9-16)14(3)22/h6-9,12H,5,10-11H2,1-4H3,(H,20,23)/b13-12+. The van der Waals surface area contributed by atoms with Crippen LogP contribution >= 0.6 is 0 Å². The molecular formula is C19H24N2O5. The number of nitrogens with one attached hydrogen (secondary N) is 1. The molecule has 7 nitrogen and oxygen atoms in total. The maximum Gasteiger partial charge on any atom is 0.307 e. The lowest BCUT2D eigenvalue weighted by molar-refractivity contribution is -0.143. The van der Waals surface area contributed by atoms with Crippen molar-refractivity contribution in [1.29, 1.82) is 0 Å². The third-order valence-corrected chi connectivity index (χ3v) is 3.55. The van der Waals surface area contributed by atoms with Crippen LogP contribution in [-0.4, -0.2) is 48.7 Å². The molecular weight excluding hydrogens is 336 g/mol. The number of anilines is 1. The highest BCUT2D eigenvalue weighted by Gasteiger charge is 2.14. The third-order valence-electron chi connectivity index (χ3n) is 3.55. The van der Waals surface area contributed by atoms with Gasteiger partial charge < -0.3 is 15.0 Å². The van der Waals surface area contributed by atoms with Gasteiger partial charge >= 0.3 is 5.97 Å². The molecule has 0 aliphatic carbocycles. The largest absolute Gasteiger partial charge is 0.466 e. The van der Waals surface area contributed by atoms with Gasteiger partial charge in [-0.1, -0.05) is 0 Å². The molecule has 0 aliphatic heterocycles. The van der Waals surface area contributed by atoms with Crippen LogP contribution in [0.3, 0.4) is 0 Å². The van der Waals surface area contributed by atoms with E-state index in [1.54, 1.807) is 38.2 Å². The molecule has 1 N–H and O–H groups in total. The van der Waals surface area contributed by atoms with Crippen molar-refractivity contribution in [2.75, 3.05) is 25.5 Å². The Morgan fingerprint density at radius 1 is 1.12 bits per heavy atom. The van der Waals surface area contributed by atoms with E-state index in [4.69, 9.17) is 4.74 Å². The van der Waals surface area contributed by atoms with Crippen LogP contribution in [0, 0.1) is 0 Å². The fourth-order valence-electron chi connectivity index (χ4n) is 2.12. The number of Topliss-reactive ketones (excluding diaryl/α,β-unsaturated/α-hetero) is 1. The predicted molar refractivity (Wildman–Crippen MR) is 97.7 cm³/mol. The summed E-state index contributed by atoms with van der Waals surface area (Å²) >= 11 is 0. The molecule has 7 heteroatoms. The Bertz CT molecular complexity index is 707. The molecule has 0 atom stereocenters. The Morgan fingerprint density at radius 3 is 2.27 bits per heavy atom. The smallest absolute Gasteiger partial charge is 0.307 e. The van der Waals surface area contributed by atoms with Crippen molar-refractivity contribution in [2.24, 2.45) is 0 Å². The molecule has 0 saturated heterocycles. The van der Waals surface area contributed by atoms with Crippen molar-refractivity contribution in [1.82, 2.24) is 4.90 Å². The Hall–Kier alpha value is -2.96. The van der Waals surface area contributed by atoms with E-state index in [1.165, 1.54) is 24.8 Å².